The molecule has 1 aliphatic heterocycles. The van der Waals surface area contributed by atoms with Crippen molar-refractivity contribution in [1.29, 1.82) is 0 Å². The molecule has 3 aromatic rings. The van der Waals surface area contributed by atoms with Gasteiger partial charge < -0.3 is 19.5 Å². The number of rotatable bonds is 6. The van der Waals surface area contributed by atoms with Crippen LogP contribution in [0.25, 0.3) is 11.3 Å². The van der Waals surface area contributed by atoms with Crippen LogP contribution in [0.2, 0.25) is 0 Å². The molecule has 0 radical (unpaired) electrons. The normalized spacial score (nSPS) is 20.5. The van der Waals surface area contributed by atoms with Crippen LogP contribution in [0.3, 0.4) is 0 Å². The standard InChI is InChI=1S/C30H35N3O3/c1-30(29(35)31-24-14-8-3-4-9-15-24)21-32-26(23-12-6-5-7-13-23)17-18-27(32)28(34)33(30)20-22-11-10-16-25(19-22)36-2/h5-7,10-13,16-19,24H,3-4,8-9,14-15,20-21H2,1-2H3,(H,31,35)/t30-/m0/s1. The lowest BCUT2D eigenvalue weighted by Gasteiger charge is -2.45. The molecule has 1 aromatic heterocycles. The van der Waals surface area contributed by atoms with E-state index in [1.807, 2.05) is 78.2 Å². The van der Waals surface area contributed by atoms with Gasteiger partial charge in [0.1, 0.15) is 17.0 Å². The van der Waals surface area contributed by atoms with Crippen LogP contribution in [0.15, 0.2) is 66.7 Å². The lowest BCUT2D eigenvalue weighted by atomic mass is 9.92. The van der Waals surface area contributed by atoms with E-state index in [1.54, 1.807) is 12.0 Å². The van der Waals surface area contributed by atoms with Gasteiger partial charge in [-0.3, -0.25) is 9.59 Å². The average molecular weight is 486 g/mol. The molecule has 1 saturated carbocycles. The number of carbonyl (C=O) groups excluding carboxylic acids is 2. The SMILES string of the molecule is COc1cccc(CN2C(=O)c3ccc(-c4ccccc4)n3C[C@@]2(C)C(=O)NC2CCCCCC2)c1. The Kier molecular flexibility index (Phi) is 6.86. The van der Waals surface area contributed by atoms with Gasteiger partial charge in [-0.2, -0.15) is 0 Å². The summed E-state index contributed by atoms with van der Waals surface area (Å²) in [6, 6.07) is 21.8. The molecule has 2 aliphatic rings. The molecule has 0 unspecified atom stereocenters. The number of methoxy groups -OCH3 is 1. The number of hydrogen-bond acceptors (Lipinski definition) is 3. The Hall–Kier alpha value is -3.54. The maximum atomic E-state index is 14.0. The van der Waals surface area contributed by atoms with Crippen molar-refractivity contribution in [2.45, 2.75) is 70.1 Å². The Morgan fingerprint density at radius 3 is 2.42 bits per heavy atom. The molecule has 1 aliphatic carbocycles. The lowest BCUT2D eigenvalue weighted by molar-refractivity contribution is -0.134. The summed E-state index contributed by atoms with van der Waals surface area (Å²) < 4.78 is 7.42. The van der Waals surface area contributed by atoms with Gasteiger partial charge in [-0.15, -0.1) is 0 Å². The van der Waals surface area contributed by atoms with E-state index < -0.39 is 5.54 Å². The van der Waals surface area contributed by atoms with Crippen LogP contribution in [0.4, 0.5) is 0 Å². The predicted octanol–water partition coefficient (Wildman–Crippen LogP) is 5.42. The van der Waals surface area contributed by atoms with Crippen LogP contribution in [0, 0.1) is 0 Å². The van der Waals surface area contributed by atoms with E-state index in [1.165, 1.54) is 12.8 Å². The van der Waals surface area contributed by atoms with Crippen molar-refractivity contribution in [3.8, 4) is 17.0 Å². The molecule has 0 spiro atoms. The molecule has 2 heterocycles. The highest BCUT2D eigenvalue weighted by molar-refractivity contribution is 6.00. The summed E-state index contributed by atoms with van der Waals surface area (Å²) in [4.78, 5) is 29.7. The van der Waals surface area contributed by atoms with Gasteiger partial charge in [-0.05, 0) is 55.2 Å². The molecule has 1 fully saturated rings. The quantitative estimate of drug-likeness (QED) is 0.475. The maximum absolute atomic E-state index is 14.0. The van der Waals surface area contributed by atoms with Crippen molar-refractivity contribution in [2.75, 3.05) is 7.11 Å². The van der Waals surface area contributed by atoms with Gasteiger partial charge in [-0.1, -0.05) is 68.1 Å². The number of aromatic nitrogens is 1. The second kappa shape index (κ2) is 10.2. The molecular formula is C30H35N3O3. The summed E-state index contributed by atoms with van der Waals surface area (Å²) >= 11 is 0. The van der Waals surface area contributed by atoms with Crippen LogP contribution in [-0.2, 0) is 17.9 Å². The van der Waals surface area contributed by atoms with Crippen LogP contribution in [0.5, 0.6) is 5.75 Å². The minimum atomic E-state index is -1.04. The zero-order chi connectivity index (χ0) is 25.1. The average Bonchev–Trinajstić information content (AvgIpc) is 3.14. The first-order valence-electron chi connectivity index (χ1n) is 13.0. The van der Waals surface area contributed by atoms with E-state index in [4.69, 9.17) is 4.74 Å². The molecule has 0 bridgehead atoms. The van der Waals surface area contributed by atoms with Crippen LogP contribution < -0.4 is 10.1 Å². The van der Waals surface area contributed by atoms with E-state index in [2.05, 4.69) is 5.32 Å². The molecular weight excluding hydrogens is 450 g/mol. The van der Waals surface area contributed by atoms with Gasteiger partial charge in [-0.25, -0.2) is 0 Å². The summed E-state index contributed by atoms with van der Waals surface area (Å²) in [5.41, 5.74) is 2.48. The summed E-state index contributed by atoms with van der Waals surface area (Å²) in [6.07, 6.45) is 6.70. The summed E-state index contributed by atoms with van der Waals surface area (Å²) in [6.45, 7) is 2.64. The fourth-order valence-corrected chi connectivity index (χ4v) is 5.60. The molecule has 36 heavy (non-hydrogen) atoms. The van der Waals surface area contributed by atoms with Gasteiger partial charge in [0.05, 0.1) is 13.7 Å². The molecule has 2 amide bonds. The third-order valence-electron chi connectivity index (χ3n) is 7.73. The molecule has 6 heteroatoms. The lowest BCUT2D eigenvalue weighted by Crippen LogP contribution is -2.64. The van der Waals surface area contributed by atoms with Crippen molar-refractivity contribution < 1.29 is 14.3 Å². The monoisotopic (exact) mass is 485 g/mol. The topological polar surface area (TPSA) is 63.6 Å². The first kappa shape index (κ1) is 24.2. The van der Waals surface area contributed by atoms with Crippen molar-refractivity contribution in [3.63, 3.8) is 0 Å². The highest BCUT2D eigenvalue weighted by Crippen LogP contribution is 2.35. The first-order chi connectivity index (χ1) is 17.5. The third-order valence-corrected chi connectivity index (χ3v) is 7.73. The Balaban J connectivity index is 1.52. The van der Waals surface area contributed by atoms with Crippen molar-refractivity contribution in [1.82, 2.24) is 14.8 Å². The van der Waals surface area contributed by atoms with Crippen LogP contribution in [0.1, 0.15) is 61.5 Å². The zero-order valence-corrected chi connectivity index (χ0v) is 21.2. The number of carbonyl (C=O) groups is 2. The van der Waals surface area contributed by atoms with Gasteiger partial charge in [0.25, 0.3) is 5.91 Å². The van der Waals surface area contributed by atoms with Crippen LogP contribution in [-0.4, -0.2) is 40.0 Å². The Morgan fingerprint density at radius 2 is 1.69 bits per heavy atom. The molecule has 6 nitrogen and oxygen atoms in total. The Bertz CT molecular complexity index is 1230. The fraction of sp³-hybridized carbons (Fsp3) is 0.400. The highest BCUT2D eigenvalue weighted by atomic mass is 16.5. The molecule has 5 rings (SSSR count). The number of fused-ring (bicyclic) bond motifs is 1. The second-order valence-corrected chi connectivity index (χ2v) is 10.2. The molecule has 1 atom stereocenters. The molecule has 0 saturated heterocycles. The largest absolute Gasteiger partial charge is 0.497 e. The zero-order valence-electron chi connectivity index (χ0n) is 21.2. The van der Waals surface area contributed by atoms with Gasteiger partial charge in [0.15, 0.2) is 0 Å². The molecule has 1 N–H and O–H groups in total. The minimum Gasteiger partial charge on any atom is -0.497 e. The third kappa shape index (κ3) is 4.64. The Labute approximate surface area is 213 Å². The van der Waals surface area contributed by atoms with E-state index >= 15 is 0 Å². The number of nitrogens with one attached hydrogen (secondary N) is 1. The first-order valence-corrected chi connectivity index (χ1v) is 13.0. The fourth-order valence-electron chi connectivity index (χ4n) is 5.60. The molecule has 2 aromatic carbocycles. The summed E-state index contributed by atoms with van der Waals surface area (Å²) in [5, 5.41) is 3.34. The highest BCUT2D eigenvalue weighted by Gasteiger charge is 2.48. The number of hydrogen-bond donors (Lipinski definition) is 1. The van der Waals surface area contributed by atoms with Crippen molar-refractivity contribution in [2.24, 2.45) is 0 Å². The number of benzene rings is 2. The Morgan fingerprint density at radius 1 is 0.972 bits per heavy atom. The van der Waals surface area contributed by atoms with Gasteiger partial charge in [0.2, 0.25) is 5.91 Å². The maximum Gasteiger partial charge on any atom is 0.271 e. The van der Waals surface area contributed by atoms with E-state index in [-0.39, 0.29) is 17.9 Å². The van der Waals surface area contributed by atoms with E-state index in [0.717, 1.165) is 48.3 Å². The summed E-state index contributed by atoms with van der Waals surface area (Å²) in [5.74, 6) is 0.519. The smallest absolute Gasteiger partial charge is 0.271 e. The summed E-state index contributed by atoms with van der Waals surface area (Å²) in [7, 11) is 1.63. The van der Waals surface area contributed by atoms with Crippen molar-refractivity contribution >= 4 is 11.8 Å². The number of nitrogens with zero attached hydrogens (tertiary/aromatic N) is 2. The van der Waals surface area contributed by atoms with E-state index in [9.17, 15) is 9.59 Å². The minimum absolute atomic E-state index is 0.0796. The van der Waals surface area contributed by atoms with Gasteiger partial charge >= 0.3 is 0 Å². The van der Waals surface area contributed by atoms with Crippen LogP contribution >= 0.6 is 0 Å². The van der Waals surface area contributed by atoms with Gasteiger partial charge in [0, 0.05) is 18.3 Å². The number of ether oxygens (including phenoxy) is 1. The van der Waals surface area contributed by atoms with Crippen molar-refractivity contribution in [3.05, 3.63) is 78.0 Å². The van der Waals surface area contributed by atoms with E-state index in [0.29, 0.717) is 18.8 Å². The number of amides is 2. The second-order valence-electron chi connectivity index (χ2n) is 10.2. The predicted molar refractivity (Wildman–Crippen MR) is 141 cm³/mol. The molecule has 188 valence electrons.